The van der Waals surface area contributed by atoms with Gasteiger partial charge in [0.25, 0.3) is 0 Å². The molecule has 1 aliphatic heterocycles. The van der Waals surface area contributed by atoms with Gasteiger partial charge in [-0.05, 0) is 44.6 Å². The summed E-state index contributed by atoms with van der Waals surface area (Å²) in [5.74, 6) is 0. The Hall–Kier alpha value is -2.01. The molecule has 3 rings (SSSR count). The van der Waals surface area contributed by atoms with Crippen molar-refractivity contribution in [1.29, 1.82) is 0 Å². The van der Waals surface area contributed by atoms with Crippen LogP contribution in [-0.4, -0.2) is 55.4 Å². The highest BCUT2D eigenvalue weighted by Gasteiger charge is 2.22. The van der Waals surface area contributed by atoms with Gasteiger partial charge in [-0.3, -0.25) is 5.10 Å². The molecule has 5 heteroatoms. The maximum absolute atomic E-state index is 4.05. The standard InChI is InChI=1S/C17H25N5/c1-18-16-5-4-13(14-11-19-20-12-14)10-17(16)22-8-6-15(7-9-22)21(2)3/h4-5,10-12,15,18H,6-9H2,1-3H3,(H,19,20). The minimum atomic E-state index is 0.700. The average Bonchev–Trinajstić information content (AvgIpc) is 3.09. The van der Waals surface area contributed by atoms with E-state index in [2.05, 4.69) is 57.6 Å². The lowest BCUT2D eigenvalue weighted by Crippen LogP contribution is -2.42. The van der Waals surface area contributed by atoms with Crippen molar-refractivity contribution in [2.24, 2.45) is 0 Å². The number of H-pyrrole nitrogens is 1. The molecule has 2 N–H and O–H groups in total. The zero-order chi connectivity index (χ0) is 15.5. The average molecular weight is 299 g/mol. The predicted octanol–water partition coefficient (Wildman–Crippen LogP) is 2.65. The summed E-state index contributed by atoms with van der Waals surface area (Å²) in [7, 11) is 6.35. The van der Waals surface area contributed by atoms with Crippen LogP contribution in [0.25, 0.3) is 11.1 Å². The second kappa shape index (κ2) is 6.40. The number of aromatic nitrogens is 2. The Labute approximate surface area is 132 Å². The Morgan fingerprint density at radius 3 is 2.59 bits per heavy atom. The van der Waals surface area contributed by atoms with Gasteiger partial charge in [-0.25, -0.2) is 0 Å². The zero-order valence-electron chi connectivity index (χ0n) is 13.6. The molecule has 0 unspecified atom stereocenters. The number of hydrogen-bond donors (Lipinski definition) is 2. The van der Waals surface area contributed by atoms with E-state index in [-0.39, 0.29) is 0 Å². The Bertz CT molecular complexity index is 598. The minimum Gasteiger partial charge on any atom is -0.386 e. The quantitative estimate of drug-likeness (QED) is 0.911. The highest BCUT2D eigenvalue weighted by atomic mass is 15.2. The molecule has 2 heterocycles. The summed E-state index contributed by atoms with van der Waals surface area (Å²) < 4.78 is 0. The summed E-state index contributed by atoms with van der Waals surface area (Å²) in [6.45, 7) is 2.21. The molecular weight excluding hydrogens is 274 g/mol. The van der Waals surface area contributed by atoms with Crippen LogP contribution in [0, 0.1) is 0 Å². The van der Waals surface area contributed by atoms with E-state index >= 15 is 0 Å². The second-order valence-corrected chi connectivity index (χ2v) is 6.15. The third-order valence-electron chi connectivity index (χ3n) is 4.63. The summed E-state index contributed by atoms with van der Waals surface area (Å²) in [5, 5.41) is 10.3. The van der Waals surface area contributed by atoms with Gasteiger partial charge in [0, 0.05) is 37.9 Å². The first-order chi connectivity index (χ1) is 10.7. The molecule has 1 aromatic carbocycles. The van der Waals surface area contributed by atoms with Crippen LogP contribution >= 0.6 is 0 Å². The van der Waals surface area contributed by atoms with Crippen molar-refractivity contribution in [2.75, 3.05) is 44.4 Å². The summed E-state index contributed by atoms with van der Waals surface area (Å²) in [6.07, 6.45) is 6.24. The van der Waals surface area contributed by atoms with Crippen LogP contribution in [0.3, 0.4) is 0 Å². The van der Waals surface area contributed by atoms with Crippen LogP contribution in [0.4, 0.5) is 11.4 Å². The topological polar surface area (TPSA) is 47.2 Å². The Morgan fingerprint density at radius 2 is 2.00 bits per heavy atom. The fourth-order valence-corrected chi connectivity index (χ4v) is 3.22. The van der Waals surface area contributed by atoms with E-state index in [4.69, 9.17) is 0 Å². The van der Waals surface area contributed by atoms with E-state index in [9.17, 15) is 0 Å². The fraction of sp³-hybridized carbons (Fsp3) is 0.471. The summed E-state index contributed by atoms with van der Waals surface area (Å²) in [5.41, 5.74) is 4.82. The lowest BCUT2D eigenvalue weighted by molar-refractivity contribution is 0.250. The Balaban J connectivity index is 1.84. The van der Waals surface area contributed by atoms with Gasteiger partial charge in [0.2, 0.25) is 0 Å². The molecule has 1 aromatic heterocycles. The molecule has 0 spiro atoms. The van der Waals surface area contributed by atoms with Crippen LogP contribution in [0.5, 0.6) is 0 Å². The van der Waals surface area contributed by atoms with Gasteiger partial charge in [0.15, 0.2) is 0 Å². The van der Waals surface area contributed by atoms with Gasteiger partial charge in [-0.1, -0.05) is 6.07 Å². The molecule has 2 aromatic rings. The van der Waals surface area contributed by atoms with Crippen molar-refractivity contribution >= 4 is 11.4 Å². The van der Waals surface area contributed by atoms with Crippen molar-refractivity contribution in [1.82, 2.24) is 15.1 Å². The van der Waals surface area contributed by atoms with Gasteiger partial charge in [-0.2, -0.15) is 5.10 Å². The molecule has 1 saturated heterocycles. The van der Waals surface area contributed by atoms with Crippen LogP contribution in [0.15, 0.2) is 30.6 Å². The van der Waals surface area contributed by atoms with Crippen molar-refractivity contribution < 1.29 is 0 Å². The highest BCUT2D eigenvalue weighted by Crippen LogP contribution is 2.33. The molecule has 1 fully saturated rings. The Kier molecular flexibility index (Phi) is 4.34. The molecule has 0 aliphatic carbocycles. The number of rotatable bonds is 4. The molecule has 0 bridgehead atoms. The molecule has 0 atom stereocenters. The molecule has 0 amide bonds. The number of benzene rings is 1. The molecule has 5 nitrogen and oxygen atoms in total. The van der Waals surface area contributed by atoms with Gasteiger partial charge in [0.1, 0.15) is 0 Å². The van der Waals surface area contributed by atoms with Crippen molar-refractivity contribution in [3.8, 4) is 11.1 Å². The lowest BCUT2D eigenvalue weighted by atomic mass is 10.0. The summed E-state index contributed by atoms with van der Waals surface area (Å²) >= 11 is 0. The van der Waals surface area contributed by atoms with E-state index < -0.39 is 0 Å². The van der Waals surface area contributed by atoms with Gasteiger partial charge >= 0.3 is 0 Å². The minimum absolute atomic E-state index is 0.700. The first-order valence-corrected chi connectivity index (χ1v) is 7.91. The monoisotopic (exact) mass is 299 g/mol. The highest BCUT2D eigenvalue weighted by molar-refractivity contribution is 5.78. The van der Waals surface area contributed by atoms with Gasteiger partial charge < -0.3 is 15.1 Å². The number of anilines is 2. The van der Waals surface area contributed by atoms with E-state index in [1.165, 1.54) is 29.8 Å². The second-order valence-electron chi connectivity index (χ2n) is 6.15. The third-order valence-corrected chi connectivity index (χ3v) is 4.63. The van der Waals surface area contributed by atoms with Crippen molar-refractivity contribution in [3.05, 3.63) is 30.6 Å². The largest absolute Gasteiger partial charge is 0.386 e. The fourth-order valence-electron chi connectivity index (χ4n) is 3.22. The van der Waals surface area contributed by atoms with Crippen LogP contribution in [0.2, 0.25) is 0 Å². The number of piperidine rings is 1. The zero-order valence-corrected chi connectivity index (χ0v) is 13.6. The van der Waals surface area contributed by atoms with Crippen LogP contribution in [0.1, 0.15) is 12.8 Å². The molecular formula is C17H25N5. The van der Waals surface area contributed by atoms with Crippen molar-refractivity contribution in [2.45, 2.75) is 18.9 Å². The normalized spacial score (nSPS) is 16.3. The van der Waals surface area contributed by atoms with Gasteiger partial charge in [0.05, 0.1) is 17.6 Å². The maximum atomic E-state index is 4.05. The van der Waals surface area contributed by atoms with Crippen molar-refractivity contribution in [3.63, 3.8) is 0 Å². The molecule has 1 aliphatic rings. The van der Waals surface area contributed by atoms with E-state index in [1.54, 1.807) is 0 Å². The van der Waals surface area contributed by atoms with E-state index in [1.807, 2.05) is 19.4 Å². The predicted molar refractivity (Wildman–Crippen MR) is 92.5 cm³/mol. The Morgan fingerprint density at radius 1 is 1.23 bits per heavy atom. The number of nitrogens with one attached hydrogen (secondary N) is 2. The molecule has 22 heavy (non-hydrogen) atoms. The molecule has 0 radical (unpaired) electrons. The first kappa shape index (κ1) is 14.9. The first-order valence-electron chi connectivity index (χ1n) is 7.91. The molecule has 118 valence electrons. The summed E-state index contributed by atoms with van der Waals surface area (Å²) in [6, 6.07) is 7.28. The van der Waals surface area contributed by atoms with Gasteiger partial charge in [-0.15, -0.1) is 0 Å². The maximum Gasteiger partial charge on any atom is 0.0608 e. The SMILES string of the molecule is CNc1ccc(-c2cn[nH]c2)cc1N1CCC(N(C)C)CC1. The number of hydrogen-bond acceptors (Lipinski definition) is 4. The number of nitrogens with zero attached hydrogens (tertiary/aromatic N) is 3. The molecule has 0 saturated carbocycles. The lowest BCUT2D eigenvalue weighted by Gasteiger charge is -2.37. The van der Waals surface area contributed by atoms with Crippen LogP contribution in [-0.2, 0) is 0 Å². The number of aromatic amines is 1. The third kappa shape index (κ3) is 2.95. The summed E-state index contributed by atoms with van der Waals surface area (Å²) in [4.78, 5) is 4.84. The van der Waals surface area contributed by atoms with E-state index in [0.29, 0.717) is 6.04 Å². The van der Waals surface area contributed by atoms with Crippen LogP contribution < -0.4 is 10.2 Å². The smallest absolute Gasteiger partial charge is 0.0608 e. The van der Waals surface area contributed by atoms with E-state index in [0.717, 1.165) is 18.7 Å².